The van der Waals surface area contributed by atoms with Gasteiger partial charge >= 0.3 is 0 Å². The van der Waals surface area contributed by atoms with Gasteiger partial charge in [-0.3, -0.25) is 4.68 Å². The fraction of sp³-hybridized carbons (Fsp3) is 0.727. The third-order valence-electron chi connectivity index (χ3n) is 2.57. The van der Waals surface area contributed by atoms with Crippen molar-refractivity contribution in [2.75, 3.05) is 27.2 Å². The molecule has 0 amide bonds. The van der Waals surface area contributed by atoms with Crippen LogP contribution in [0.2, 0.25) is 0 Å². The SMILES string of the molecule is Cc1c(CNCCN(C)C)cnn1CC(F)F. The van der Waals surface area contributed by atoms with Crippen LogP contribution in [0.15, 0.2) is 6.20 Å². The molecule has 1 aromatic rings. The Labute approximate surface area is 101 Å². The van der Waals surface area contributed by atoms with Crippen molar-refractivity contribution in [1.82, 2.24) is 20.0 Å². The zero-order valence-electron chi connectivity index (χ0n) is 10.6. The number of alkyl halides is 2. The van der Waals surface area contributed by atoms with Gasteiger partial charge in [-0.1, -0.05) is 0 Å². The first kappa shape index (κ1) is 14.1. The van der Waals surface area contributed by atoms with Gasteiger partial charge in [0.2, 0.25) is 0 Å². The third kappa shape index (κ3) is 4.79. The molecule has 98 valence electrons. The minimum Gasteiger partial charge on any atom is -0.311 e. The Morgan fingerprint density at radius 3 is 2.76 bits per heavy atom. The number of halogens is 2. The molecule has 0 atom stereocenters. The second kappa shape index (κ2) is 6.66. The number of aromatic nitrogens is 2. The van der Waals surface area contributed by atoms with Crippen LogP contribution in [0.5, 0.6) is 0 Å². The largest absolute Gasteiger partial charge is 0.311 e. The molecule has 0 saturated carbocycles. The van der Waals surface area contributed by atoms with Crippen molar-refractivity contribution in [3.63, 3.8) is 0 Å². The Hall–Kier alpha value is -1.01. The molecule has 1 aromatic heterocycles. The highest BCUT2D eigenvalue weighted by Crippen LogP contribution is 2.08. The molecule has 0 fully saturated rings. The first-order valence-corrected chi connectivity index (χ1v) is 5.65. The van der Waals surface area contributed by atoms with E-state index in [1.807, 2.05) is 21.0 Å². The van der Waals surface area contributed by atoms with Crippen molar-refractivity contribution in [3.8, 4) is 0 Å². The van der Waals surface area contributed by atoms with Gasteiger partial charge in [0.25, 0.3) is 6.43 Å². The number of nitrogens with one attached hydrogen (secondary N) is 1. The predicted molar refractivity (Wildman–Crippen MR) is 63.2 cm³/mol. The molecule has 0 radical (unpaired) electrons. The van der Waals surface area contributed by atoms with Crippen LogP contribution in [0.3, 0.4) is 0 Å². The van der Waals surface area contributed by atoms with E-state index in [4.69, 9.17) is 0 Å². The molecule has 1 N–H and O–H groups in total. The van der Waals surface area contributed by atoms with E-state index in [9.17, 15) is 8.78 Å². The summed E-state index contributed by atoms with van der Waals surface area (Å²) in [5.41, 5.74) is 1.78. The van der Waals surface area contributed by atoms with E-state index in [1.54, 1.807) is 6.20 Å². The molecule has 0 unspecified atom stereocenters. The van der Waals surface area contributed by atoms with Gasteiger partial charge < -0.3 is 10.2 Å². The van der Waals surface area contributed by atoms with Crippen LogP contribution >= 0.6 is 0 Å². The molecule has 1 heterocycles. The van der Waals surface area contributed by atoms with Gasteiger partial charge in [-0.2, -0.15) is 5.10 Å². The molecule has 1 rings (SSSR count). The molecule has 0 aromatic carbocycles. The Kier molecular flexibility index (Phi) is 5.50. The first-order chi connectivity index (χ1) is 8.00. The number of hydrogen-bond donors (Lipinski definition) is 1. The summed E-state index contributed by atoms with van der Waals surface area (Å²) in [5, 5.41) is 7.21. The smallest absolute Gasteiger partial charge is 0.257 e. The molecular weight excluding hydrogens is 226 g/mol. The Bertz CT molecular complexity index is 336. The summed E-state index contributed by atoms with van der Waals surface area (Å²) in [4.78, 5) is 2.08. The van der Waals surface area contributed by atoms with Gasteiger partial charge in [0, 0.05) is 30.9 Å². The summed E-state index contributed by atoms with van der Waals surface area (Å²) < 4.78 is 25.8. The van der Waals surface area contributed by atoms with Crippen LogP contribution in [0, 0.1) is 6.92 Å². The topological polar surface area (TPSA) is 33.1 Å². The fourth-order valence-electron chi connectivity index (χ4n) is 1.50. The van der Waals surface area contributed by atoms with Gasteiger partial charge in [0.1, 0.15) is 6.54 Å². The highest BCUT2D eigenvalue weighted by molar-refractivity contribution is 5.15. The maximum Gasteiger partial charge on any atom is 0.257 e. The lowest BCUT2D eigenvalue weighted by atomic mass is 10.2. The number of likely N-dealkylation sites (N-methyl/N-ethyl adjacent to an activating group) is 1. The molecule has 0 aliphatic carbocycles. The van der Waals surface area contributed by atoms with Crippen molar-refractivity contribution in [2.24, 2.45) is 0 Å². The highest BCUT2D eigenvalue weighted by atomic mass is 19.3. The lowest BCUT2D eigenvalue weighted by Crippen LogP contribution is -2.26. The number of hydrogen-bond acceptors (Lipinski definition) is 3. The maximum atomic E-state index is 12.2. The zero-order chi connectivity index (χ0) is 12.8. The van der Waals surface area contributed by atoms with E-state index >= 15 is 0 Å². The standard InChI is InChI=1S/C11H20F2N4/c1-9-10(6-14-4-5-16(2)3)7-15-17(9)8-11(12)13/h7,11,14H,4-6,8H2,1-3H3. The summed E-state index contributed by atoms with van der Waals surface area (Å²) in [6, 6.07) is 0. The summed E-state index contributed by atoms with van der Waals surface area (Å²) in [5.74, 6) is 0. The minimum absolute atomic E-state index is 0.330. The molecule has 17 heavy (non-hydrogen) atoms. The number of rotatable bonds is 7. The average molecular weight is 246 g/mol. The Morgan fingerprint density at radius 1 is 1.47 bits per heavy atom. The summed E-state index contributed by atoms with van der Waals surface area (Å²) in [6.45, 7) is 3.97. The van der Waals surface area contributed by atoms with Gasteiger partial charge in [-0.15, -0.1) is 0 Å². The van der Waals surface area contributed by atoms with E-state index in [2.05, 4.69) is 15.3 Å². The summed E-state index contributed by atoms with van der Waals surface area (Å²) in [7, 11) is 4.02. The lowest BCUT2D eigenvalue weighted by Gasteiger charge is -2.10. The van der Waals surface area contributed by atoms with Gasteiger partial charge in [0.15, 0.2) is 0 Å². The van der Waals surface area contributed by atoms with Crippen molar-refractivity contribution < 1.29 is 8.78 Å². The molecule has 0 aliphatic rings. The molecule has 0 aliphatic heterocycles. The molecule has 0 bridgehead atoms. The van der Waals surface area contributed by atoms with Crippen molar-refractivity contribution in [1.29, 1.82) is 0 Å². The van der Waals surface area contributed by atoms with Gasteiger partial charge in [0.05, 0.1) is 6.20 Å². The lowest BCUT2D eigenvalue weighted by molar-refractivity contribution is 0.121. The fourth-order valence-corrected chi connectivity index (χ4v) is 1.50. The summed E-state index contributed by atoms with van der Waals surface area (Å²) in [6.07, 6.45) is -0.705. The Balaban J connectivity index is 2.41. The average Bonchev–Trinajstić information content (AvgIpc) is 2.55. The highest BCUT2D eigenvalue weighted by Gasteiger charge is 2.10. The van der Waals surface area contributed by atoms with Gasteiger partial charge in [-0.25, -0.2) is 8.78 Å². The minimum atomic E-state index is -2.36. The summed E-state index contributed by atoms with van der Waals surface area (Å²) >= 11 is 0. The second-order valence-corrected chi connectivity index (χ2v) is 4.31. The van der Waals surface area contributed by atoms with E-state index in [0.29, 0.717) is 6.54 Å². The second-order valence-electron chi connectivity index (χ2n) is 4.31. The van der Waals surface area contributed by atoms with Crippen molar-refractivity contribution >= 4 is 0 Å². The van der Waals surface area contributed by atoms with Gasteiger partial charge in [-0.05, 0) is 21.0 Å². The zero-order valence-corrected chi connectivity index (χ0v) is 10.6. The monoisotopic (exact) mass is 246 g/mol. The quantitative estimate of drug-likeness (QED) is 0.732. The maximum absolute atomic E-state index is 12.2. The normalized spacial score (nSPS) is 11.7. The van der Waals surface area contributed by atoms with Crippen LogP contribution in [-0.4, -0.2) is 48.3 Å². The molecular formula is C11H20F2N4. The van der Waals surface area contributed by atoms with Crippen LogP contribution in [0.1, 0.15) is 11.3 Å². The van der Waals surface area contributed by atoms with E-state index < -0.39 is 6.43 Å². The van der Waals surface area contributed by atoms with Crippen molar-refractivity contribution in [3.05, 3.63) is 17.5 Å². The van der Waals surface area contributed by atoms with Crippen LogP contribution in [-0.2, 0) is 13.1 Å². The third-order valence-corrected chi connectivity index (χ3v) is 2.57. The van der Waals surface area contributed by atoms with Crippen LogP contribution in [0.4, 0.5) is 8.78 Å². The molecule has 0 saturated heterocycles. The van der Waals surface area contributed by atoms with E-state index in [-0.39, 0.29) is 6.54 Å². The molecule has 6 heteroatoms. The van der Waals surface area contributed by atoms with E-state index in [1.165, 1.54) is 4.68 Å². The van der Waals surface area contributed by atoms with Crippen LogP contribution in [0.25, 0.3) is 0 Å². The number of nitrogens with zero attached hydrogens (tertiary/aromatic N) is 3. The first-order valence-electron chi connectivity index (χ1n) is 5.65. The molecule has 4 nitrogen and oxygen atoms in total. The van der Waals surface area contributed by atoms with Crippen LogP contribution < -0.4 is 5.32 Å². The predicted octanol–water partition coefficient (Wildman–Crippen LogP) is 1.11. The molecule has 0 spiro atoms. The Morgan fingerprint density at radius 2 is 2.18 bits per heavy atom. The van der Waals surface area contributed by atoms with Crippen molar-refractivity contribution in [2.45, 2.75) is 26.4 Å². The van der Waals surface area contributed by atoms with E-state index in [0.717, 1.165) is 24.3 Å².